The molecule has 1 amide bonds. The molecule has 0 bridgehead atoms. The highest BCUT2D eigenvalue weighted by molar-refractivity contribution is 5.47. The van der Waals surface area contributed by atoms with Gasteiger partial charge in [0.05, 0.1) is 6.04 Å². The second-order valence-corrected chi connectivity index (χ2v) is 5.01. The second-order valence-electron chi connectivity index (χ2n) is 5.01. The van der Waals surface area contributed by atoms with Gasteiger partial charge >= 0.3 is 0 Å². The first-order chi connectivity index (χ1) is 7.03. The van der Waals surface area contributed by atoms with Crippen molar-refractivity contribution in [3.05, 3.63) is 35.9 Å². The van der Waals surface area contributed by atoms with E-state index in [4.69, 9.17) is 0 Å². The molecule has 82 valence electrons. The fraction of sp³-hybridized carbons (Fsp3) is 0.462. The standard InChI is InChI=1S/C13H19NO/c1-13(2,3)9-12(14-10-15)11-7-5-4-6-8-11/h4-8,10,12H,9H2,1-3H3,(H,14,15)/t12-/m1/s1. The topological polar surface area (TPSA) is 29.1 Å². The molecule has 0 aliphatic heterocycles. The summed E-state index contributed by atoms with van der Waals surface area (Å²) in [6.45, 7) is 6.53. The summed E-state index contributed by atoms with van der Waals surface area (Å²) in [5.74, 6) is 0. The smallest absolute Gasteiger partial charge is 0.207 e. The maximum absolute atomic E-state index is 10.6. The van der Waals surface area contributed by atoms with Crippen LogP contribution in [0.1, 0.15) is 38.8 Å². The molecule has 2 nitrogen and oxygen atoms in total. The Morgan fingerprint density at radius 2 is 1.87 bits per heavy atom. The van der Waals surface area contributed by atoms with Crippen LogP contribution in [0.15, 0.2) is 30.3 Å². The first kappa shape index (κ1) is 11.8. The van der Waals surface area contributed by atoms with Crippen LogP contribution >= 0.6 is 0 Å². The lowest BCUT2D eigenvalue weighted by Crippen LogP contribution is -2.24. The molecular weight excluding hydrogens is 186 g/mol. The molecule has 0 radical (unpaired) electrons. The summed E-state index contributed by atoms with van der Waals surface area (Å²) in [5.41, 5.74) is 1.37. The third kappa shape index (κ3) is 4.15. The van der Waals surface area contributed by atoms with Gasteiger partial charge in [0.2, 0.25) is 6.41 Å². The van der Waals surface area contributed by atoms with E-state index in [1.54, 1.807) is 0 Å². The minimum Gasteiger partial charge on any atom is -0.352 e. The van der Waals surface area contributed by atoms with E-state index in [9.17, 15) is 4.79 Å². The SMILES string of the molecule is CC(C)(C)C[C@@H](NC=O)c1ccccc1. The molecule has 0 saturated heterocycles. The highest BCUT2D eigenvalue weighted by Gasteiger charge is 2.19. The molecule has 1 rings (SSSR count). The Morgan fingerprint density at radius 3 is 2.33 bits per heavy atom. The van der Waals surface area contributed by atoms with Gasteiger partial charge in [0, 0.05) is 0 Å². The number of nitrogens with one attached hydrogen (secondary N) is 1. The van der Waals surface area contributed by atoms with Crippen molar-refractivity contribution in [2.45, 2.75) is 33.2 Å². The Labute approximate surface area is 91.7 Å². The maximum Gasteiger partial charge on any atom is 0.207 e. The van der Waals surface area contributed by atoms with Crippen LogP contribution in [0.2, 0.25) is 0 Å². The number of hydrogen-bond acceptors (Lipinski definition) is 1. The van der Waals surface area contributed by atoms with Crippen LogP contribution in [-0.2, 0) is 4.79 Å². The third-order valence-corrected chi connectivity index (χ3v) is 2.29. The normalized spacial score (nSPS) is 13.3. The summed E-state index contributed by atoms with van der Waals surface area (Å²) in [5, 5.41) is 2.87. The van der Waals surface area contributed by atoms with Crippen molar-refractivity contribution in [3.8, 4) is 0 Å². The van der Waals surface area contributed by atoms with Gasteiger partial charge in [0.25, 0.3) is 0 Å². The minimum atomic E-state index is 0.115. The molecule has 15 heavy (non-hydrogen) atoms. The highest BCUT2D eigenvalue weighted by Crippen LogP contribution is 2.28. The van der Waals surface area contributed by atoms with E-state index in [1.807, 2.05) is 30.3 Å². The maximum atomic E-state index is 10.6. The van der Waals surface area contributed by atoms with E-state index in [0.29, 0.717) is 0 Å². The summed E-state index contributed by atoms with van der Waals surface area (Å²) in [7, 11) is 0. The van der Waals surface area contributed by atoms with Crippen LogP contribution in [0.3, 0.4) is 0 Å². The van der Waals surface area contributed by atoms with Crippen molar-refractivity contribution in [3.63, 3.8) is 0 Å². The Hall–Kier alpha value is -1.31. The highest BCUT2D eigenvalue weighted by atomic mass is 16.1. The quantitative estimate of drug-likeness (QED) is 0.752. The van der Waals surface area contributed by atoms with E-state index in [-0.39, 0.29) is 11.5 Å². The lowest BCUT2D eigenvalue weighted by molar-refractivity contribution is -0.110. The fourth-order valence-electron chi connectivity index (χ4n) is 1.65. The lowest BCUT2D eigenvalue weighted by Gasteiger charge is -2.25. The molecule has 0 unspecified atom stereocenters. The second kappa shape index (κ2) is 4.96. The van der Waals surface area contributed by atoms with Crippen LogP contribution in [0.4, 0.5) is 0 Å². The van der Waals surface area contributed by atoms with Crippen molar-refractivity contribution < 1.29 is 4.79 Å². The van der Waals surface area contributed by atoms with Gasteiger partial charge in [-0.15, -0.1) is 0 Å². The predicted molar refractivity (Wildman–Crippen MR) is 62.5 cm³/mol. The van der Waals surface area contributed by atoms with Gasteiger partial charge < -0.3 is 5.32 Å². The van der Waals surface area contributed by atoms with E-state index in [0.717, 1.165) is 12.8 Å². The molecular formula is C13H19NO. The largest absolute Gasteiger partial charge is 0.352 e. The Bertz CT molecular complexity index is 300. The van der Waals surface area contributed by atoms with Gasteiger partial charge in [0.1, 0.15) is 0 Å². The summed E-state index contributed by atoms with van der Waals surface area (Å²) < 4.78 is 0. The van der Waals surface area contributed by atoms with E-state index in [1.165, 1.54) is 5.56 Å². The zero-order valence-electron chi connectivity index (χ0n) is 9.66. The molecule has 0 spiro atoms. The average Bonchev–Trinajstić information content (AvgIpc) is 2.17. The molecule has 0 aliphatic carbocycles. The summed E-state index contributed by atoms with van der Waals surface area (Å²) in [6.07, 6.45) is 1.72. The van der Waals surface area contributed by atoms with Crippen molar-refractivity contribution in [1.82, 2.24) is 5.32 Å². The van der Waals surface area contributed by atoms with Crippen molar-refractivity contribution in [2.24, 2.45) is 5.41 Å². The van der Waals surface area contributed by atoms with Crippen molar-refractivity contribution in [2.75, 3.05) is 0 Å². The number of rotatable bonds is 4. The summed E-state index contributed by atoms with van der Waals surface area (Å²) in [6, 6.07) is 10.2. The van der Waals surface area contributed by atoms with Gasteiger partial charge in [-0.1, -0.05) is 51.1 Å². The summed E-state index contributed by atoms with van der Waals surface area (Å²) in [4.78, 5) is 10.6. The monoisotopic (exact) mass is 205 g/mol. The van der Waals surface area contributed by atoms with Gasteiger partial charge in [-0.25, -0.2) is 0 Å². The molecule has 0 heterocycles. The number of hydrogen-bond donors (Lipinski definition) is 1. The first-order valence-electron chi connectivity index (χ1n) is 5.27. The third-order valence-electron chi connectivity index (χ3n) is 2.29. The minimum absolute atomic E-state index is 0.115. The Morgan fingerprint density at radius 1 is 1.27 bits per heavy atom. The van der Waals surface area contributed by atoms with Crippen LogP contribution in [0.5, 0.6) is 0 Å². The van der Waals surface area contributed by atoms with Crippen LogP contribution < -0.4 is 5.32 Å². The summed E-state index contributed by atoms with van der Waals surface area (Å²) >= 11 is 0. The van der Waals surface area contributed by atoms with Crippen LogP contribution in [-0.4, -0.2) is 6.41 Å². The fourth-order valence-corrected chi connectivity index (χ4v) is 1.65. The van der Waals surface area contributed by atoms with Crippen molar-refractivity contribution >= 4 is 6.41 Å². The Kier molecular flexibility index (Phi) is 3.89. The van der Waals surface area contributed by atoms with Crippen molar-refractivity contribution in [1.29, 1.82) is 0 Å². The zero-order valence-corrected chi connectivity index (χ0v) is 9.66. The predicted octanol–water partition coefficient (Wildman–Crippen LogP) is 2.91. The molecule has 1 N–H and O–H groups in total. The molecule has 1 aromatic rings. The number of amides is 1. The van der Waals surface area contributed by atoms with E-state index in [2.05, 4.69) is 26.1 Å². The van der Waals surface area contributed by atoms with E-state index < -0.39 is 0 Å². The molecule has 1 atom stereocenters. The lowest BCUT2D eigenvalue weighted by atomic mass is 9.85. The Balaban J connectivity index is 2.79. The molecule has 2 heteroatoms. The van der Waals surface area contributed by atoms with Gasteiger partial charge in [0.15, 0.2) is 0 Å². The molecule has 0 aliphatic rings. The average molecular weight is 205 g/mol. The van der Waals surface area contributed by atoms with Crippen LogP contribution in [0.25, 0.3) is 0 Å². The zero-order chi connectivity index (χ0) is 11.3. The van der Waals surface area contributed by atoms with Gasteiger partial charge in [-0.05, 0) is 17.4 Å². The van der Waals surface area contributed by atoms with Crippen LogP contribution in [0, 0.1) is 5.41 Å². The van der Waals surface area contributed by atoms with Gasteiger partial charge in [-0.2, -0.15) is 0 Å². The first-order valence-corrected chi connectivity index (χ1v) is 5.27. The van der Waals surface area contributed by atoms with E-state index >= 15 is 0 Å². The molecule has 0 fully saturated rings. The molecule has 0 saturated carbocycles. The number of carbonyl (C=O) groups excluding carboxylic acids is 1. The molecule has 1 aromatic carbocycles. The molecule has 0 aromatic heterocycles. The number of benzene rings is 1. The number of carbonyl (C=O) groups is 1. The van der Waals surface area contributed by atoms with Gasteiger partial charge in [-0.3, -0.25) is 4.79 Å².